The van der Waals surface area contributed by atoms with Crippen LogP contribution in [0.15, 0.2) is 65.1 Å². The van der Waals surface area contributed by atoms with Crippen LogP contribution in [0.2, 0.25) is 0 Å². The quantitative estimate of drug-likeness (QED) is 0.396. The van der Waals surface area contributed by atoms with E-state index in [-0.39, 0.29) is 11.6 Å². The van der Waals surface area contributed by atoms with E-state index in [4.69, 9.17) is 4.74 Å². The second-order valence-electron chi connectivity index (χ2n) is 5.89. The molecular formula is C23H17BrF2O. The monoisotopic (exact) mass is 426 g/mol. The number of benzene rings is 3. The third kappa shape index (κ3) is 5.14. The lowest BCUT2D eigenvalue weighted by Crippen LogP contribution is -1.89. The van der Waals surface area contributed by atoms with Crippen molar-refractivity contribution in [3.05, 3.63) is 99.0 Å². The molecule has 3 rings (SSSR count). The molecule has 136 valence electrons. The predicted octanol–water partition coefficient (Wildman–Crippen LogP) is 7.08. The van der Waals surface area contributed by atoms with E-state index in [1.54, 1.807) is 31.4 Å². The minimum Gasteiger partial charge on any atom is -0.496 e. The van der Waals surface area contributed by atoms with Crippen LogP contribution in [0.25, 0.3) is 24.3 Å². The van der Waals surface area contributed by atoms with Crippen molar-refractivity contribution >= 4 is 40.2 Å². The molecule has 0 heterocycles. The van der Waals surface area contributed by atoms with Gasteiger partial charge in [-0.3, -0.25) is 0 Å². The van der Waals surface area contributed by atoms with E-state index >= 15 is 0 Å². The topological polar surface area (TPSA) is 9.23 Å². The SMILES string of the molecule is COc1cc(C=Cc2ccc(F)cc2)c(Br)cc1C=Cc1ccc(F)cc1. The average Bonchev–Trinajstić information content (AvgIpc) is 2.68. The van der Waals surface area contributed by atoms with Crippen LogP contribution in [0.3, 0.4) is 0 Å². The number of methoxy groups -OCH3 is 1. The normalized spacial score (nSPS) is 11.4. The molecular weight excluding hydrogens is 410 g/mol. The highest BCUT2D eigenvalue weighted by Gasteiger charge is 2.06. The van der Waals surface area contributed by atoms with Gasteiger partial charge in [-0.1, -0.05) is 64.5 Å². The van der Waals surface area contributed by atoms with E-state index in [0.717, 1.165) is 32.5 Å². The van der Waals surface area contributed by atoms with Gasteiger partial charge in [0.15, 0.2) is 0 Å². The Labute approximate surface area is 165 Å². The Kier molecular flexibility index (Phi) is 6.20. The van der Waals surface area contributed by atoms with Crippen LogP contribution >= 0.6 is 15.9 Å². The molecule has 0 spiro atoms. The van der Waals surface area contributed by atoms with Gasteiger partial charge < -0.3 is 4.74 Å². The van der Waals surface area contributed by atoms with Gasteiger partial charge in [-0.2, -0.15) is 0 Å². The van der Waals surface area contributed by atoms with Gasteiger partial charge in [0.1, 0.15) is 17.4 Å². The Balaban J connectivity index is 1.86. The zero-order valence-electron chi connectivity index (χ0n) is 14.6. The number of hydrogen-bond acceptors (Lipinski definition) is 1. The number of ether oxygens (including phenoxy) is 1. The molecule has 0 saturated heterocycles. The lowest BCUT2D eigenvalue weighted by Gasteiger charge is -2.09. The molecule has 1 nitrogen and oxygen atoms in total. The summed E-state index contributed by atoms with van der Waals surface area (Å²) in [5.74, 6) is 0.201. The predicted molar refractivity (Wildman–Crippen MR) is 111 cm³/mol. The Morgan fingerprint density at radius 2 is 1.19 bits per heavy atom. The summed E-state index contributed by atoms with van der Waals surface area (Å²) in [6, 6.07) is 16.5. The molecule has 0 N–H and O–H groups in total. The summed E-state index contributed by atoms with van der Waals surface area (Å²) >= 11 is 3.58. The maximum absolute atomic E-state index is 13.0. The highest BCUT2D eigenvalue weighted by molar-refractivity contribution is 9.10. The zero-order chi connectivity index (χ0) is 19.2. The van der Waals surface area contributed by atoms with Crippen molar-refractivity contribution in [1.82, 2.24) is 0 Å². The van der Waals surface area contributed by atoms with Gasteiger partial charge in [-0.15, -0.1) is 0 Å². The first-order valence-electron chi connectivity index (χ1n) is 8.30. The van der Waals surface area contributed by atoms with Crippen LogP contribution in [0.1, 0.15) is 22.3 Å². The van der Waals surface area contributed by atoms with E-state index in [1.807, 2.05) is 36.4 Å². The molecule has 0 radical (unpaired) electrons. The first-order valence-corrected chi connectivity index (χ1v) is 9.09. The van der Waals surface area contributed by atoms with Gasteiger partial charge in [0.2, 0.25) is 0 Å². The third-order valence-electron chi connectivity index (χ3n) is 4.00. The third-order valence-corrected chi connectivity index (χ3v) is 4.69. The van der Waals surface area contributed by atoms with Gasteiger partial charge in [0.05, 0.1) is 7.11 Å². The van der Waals surface area contributed by atoms with E-state index < -0.39 is 0 Å². The molecule has 0 aromatic heterocycles. The second kappa shape index (κ2) is 8.78. The molecule has 0 aliphatic heterocycles. The number of rotatable bonds is 5. The summed E-state index contributed by atoms with van der Waals surface area (Å²) < 4.78 is 32.4. The Morgan fingerprint density at radius 3 is 1.67 bits per heavy atom. The van der Waals surface area contributed by atoms with Crippen molar-refractivity contribution in [2.75, 3.05) is 7.11 Å². The highest BCUT2D eigenvalue weighted by Crippen LogP contribution is 2.30. The van der Waals surface area contributed by atoms with Gasteiger partial charge in [-0.05, 0) is 53.1 Å². The minimum absolute atomic E-state index is 0.257. The summed E-state index contributed by atoms with van der Waals surface area (Å²) in [6.07, 6.45) is 7.67. The van der Waals surface area contributed by atoms with Crippen molar-refractivity contribution in [2.45, 2.75) is 0 Å². The first kappa shape index (κ1) is 19.1. The Hall–Kier alpha value is -2.72. The summed E-state index contributed by atoms with van der Waals surface area (Å²) in [4.78, 5) is 0. The van der Waals surface area contributed by atoms with Crippen LogP contribution in [-0.2, 0) is 0 Å². The molecule has 0 aliphatic rings. The van der Waals surface area contributed by atoms with E-state index in [9.17, 15) is 8.78 Å². The van der Waals surface area contributed by atoms with E-state index in [2.05, 4.69) is 15.9 Å². The molecule has 0 bridgehead atoms. The molecule has 0 saturated carbocycles. The van der Waals surface area contributed by atoms with Gasteiger partial charge >= 0.3 is 0 Å². The van der Waals surface area contributed by atoms with Crippen LogP contribution in [0, 0.1) is 11.6 Å². The van der Waals surface area contributed by atoms with Crippen molar-refractivity contribution in [2.24, 2.45) is 0 Å². The van der Waals surface area contributed by atoms with Crippen molar-refractivity contribution < 1.29 is 13.5 Å². The fraction of sp³-hybridized carbons (Fsp3) is 0.0435. The lowest BCUT2D eigenvalue weighted by atomic mass is 10.1. The van der Waals surface area contributed by atoms with E-state index in [0.29, 0.717) is 0 Å². The number of hydrogen-bond donors (Lipinski definition) is 0. The van der Waals surface area contributed by atoms with Gasteiger partial charge in [-0.25, -0.2) is 8.78 Å². The summed E-state index contributed by atoms with van der Waals surface area (Å²) in [5, 5.41) is 0. The van der Waals surface area contributed by atoms with Crippen LogP contribution in [0.5, 0.6) is 5.75 Å². The van der Waals surface area contributed by atoms with Gasteiger partial charge in [0.25, 0.3) is 0 Å². The molecule has 0 fully saturated rings. The Bertz CT molecular complexity index is 975. The van der Waals surface area contributed by atoms with Crippen LogP contribution in [0.4, 0.5) is 8.78 Å². The van der Waals surface area contributed by atoms with Gasteiger partial charge in [0, 0.05) is 10.0 Å². The molecule has 4 heteroatoms. The van der Waals surface area contributed by atoms with E-state index in [1.165, 1.54) is 24.3 Å². The summed E-state index contributed by atoms with van der Waals surface area (Å²) in [5.41, 5.74) is 3.64. The molecule has 0 amide bonds. The Morgan fingerprint density at radius 1 is 0.704 bits per heavy atom. The molecule has 0 aliphatic carbocycles. The van der Waals surface area contributed by atoms with Crippen molar-refractivity contribution in [1.29, 1.82) is 0 Å². The second-order valence-corrected chi connectivity index (χ2v) is 6.74. The minimum atomic E-state index is -0.259. The largest absolute Gasteiger partial charge is 0.496 e. The molecule has 3 aromatic rings. The maximum atomic E-state index is 13.0. The lowest BCUT2D eigenvalue weighted by molar-refractivity contribution is 0.413. The van der Waals surface area contributed by atoms with Crippen molar-refractivity contribution in [3.63, 3.8) is 0 Å². The van der Waals surface area contributed by atoms with Crippen molar-refractivity contribution in [3.8, 4) is 5.75 Å². The molecule has 0 atom stereocenters. The molecule has 3 aromatic carbocycles. The molecule has 0 unspecified atom stereocenters. The average molecular weight is 427 g/mol. The van der Waals surface area contributed by atoms with Crippen LogP contribution in [-0.4, -0.2) is 7.11 Å². The standard InChI is InChI=1S/C23H17BrF2O/c1-27-23-15-18(8-2-16-4-10-20(25)11-5-16)22(24)14-19(23)9-3-17-6-12-21(26)13-7-17/h2-15H,1H3. The first-order chi connectivity index (χ1) is 13.0. The highest BCUT2D eigenvalue weighted by atomic mass is 79.9. The molecule has 27 heavy (non-hydrogen) atoms. The summed E-state index contributed by atoms with van der Waals surface area (Å²) in [6.45, 7) is 0. The maximum Gasteiger partial charge on any atom is 0.126 e. The smallest absolute Gasteiger partial charge is 0.126 e. The fourth-order valence-corrected chi connectivity index (χ4v) is 3.03. The van der Waals surface area contributed by atoms with Crippen LogP contribution < -0.4 is 4.74 Å². The fourth-order valence-electron chi connectivity index (χ4n) is 2.54. The summed E-state index contributed by atoms with van der Waals surface area (Å²) in [7, 11) is 1.62. The number of halogens is 3. The zero-order valence-corrected chi connectivity index (χ0v) is 16.2.